The number of halogens is 1. The molecule has 0 amide bonds. The third-order valence-electron chi connectivity index (χ3n) is 3.84. The monoisotopic (exact) mass is 364 g/mol. The van der Waals surface area contributed by atoms with Gasteiger partial charge in [0.1, 0.15) is 11.6 Å². The fourth-order valence-electron chi connectivity index (χ4n) is 2.52. The summed E-state index contributed by atoms with van der Waals surface area (Å²) in [4.78, 5) is 16.4. The van der Waals surface area contributed by atoms with Crippen LogP contribution in [0.1, 0.15) is 0 Å². The van der Waals surface area contributed by atoms with Crippen LogP contribution in [-0.2, 0) is 0 Å². The van der Waals surface area contributed by atoms with Crippen molar-refractivity contribution in [3.63, 3.8) is 0 Å². The van der Waals surface area contributed by atoms with Crippen LogP contribution in [0.4, 0.5) is 4.39 Å². The summed E-state index contributed by atoms with van der Waals surface area (Å²) in [6.07, 6.45) is 1.53. The van der Waals surface area contributed by atoms with E-state index in [1.807, 2.05) is 12.1 Å². The van der Waals surface area contributed by atoms with E-state index in [4.69, 9.17) is 9.26 Å². The largest absolute Gasteiger partial charge is 0.497 e. The Bertz CT molecular complexity index is 1170. The lowest BCUT2D eigenvalue weighted by Crippen LogP contribution is -2.12. The Morgan fingerprint density at radius 2 is 1.96 bits per heavy atom. The Morgan fingerprint density at radius 1 is 1.11 bits per heavy atom. The minimum Gasteiger partial charge on any atom is -0.497 e. The predicted octanol–water partition coefficient (Wildman–Crippen LogP) is 3.10. The van der Waals surface area contributed by atoms with Crippen LogP contribution < -0.4 is 10.2 Å². The minimum atomic E-state index is -0.419. The second kappa shape index (κ2) is 6.83. The Labute approximate surface area is 152 Å². The lowest BCUT2D eigenvalue weighted by Gasteiger charge is -2.07. The first-order valence-corrected chi connectivity index (χ1v) is 7.98. The topological polar surface area (TPSA) is 83.0 Å². The van der Waals surface area contributed by atoms with Gasteiger partial charge in [0.2, 0.25) is 11.3 Å². The molecule has 2 aromatic carbocycles. The van der Waals surface area contributed by atoms with E-state index in [0.29, 0.717) is 17.0 Å². The number of benzene rings is 2. The van der Waals surface area contributed by atoms with Crippen LogP contribution in [0.2, 0.25) is 0 Å². The maximum Gasteiger partial charge on any atom is 0.282 e. The Hall–Kier alpha value is -3.81. The molecule has 0 N–H and O–H groups in total. The van der Waals surface area contributed by atoms with Crippen LogP contribution in [0.5, 0.6) is 5.75 Å². The number of methoxy groups -OCH3 is 1. The second-order valence-corrected chi connectivity index (χ2v) is 5.61. The molecule has 8 heteroatoms. The first-order chi connectivity index (χ1) is 13.1. The number of hydrogen-bond donors (Lipinski definition) is 0. The van der Waals surface area contributed by atoms with E-state index in [2.05, 4.69) is 15.2 Å². The zero-order valence-electron chi connectivity index (χ0n) is 14.2. The number of nitrogens with zero attached hydrogens (tertiary/aromatic N) is 4. The molecule has 134 valence electrons. The molecule has 0 unspecified atom stereocenters. The minimum absolute atomic E-state index is 0.00419. The van der Waals surface area contributed by atoms with Crippen LogP contribution in [0, 0.1) is 5.82 Å². The average Bonchev–Trinajstić information content (AvgIpc) is 3.18. The summed E-state index contributed by atoms with van der Waals surface area (Å²) in [6.45, 7) is 0. The maximum atomic E-state index is 13.4. The third-order valence-corrected chi connectivity index (χ3v) is 3.84. The summed E-state index contributed by atoms with van der Waals surface area (Å²) >= 11 is 0. The number of rotatable bonds is 4. The van der Waals surface area contributed by atoms with Crippen molar-refractivity contribution in [2.24, 2.45) is 0 Å². The van der Waals surface area contributed by atoms with Crippen LogP contribution in [0.25, 0.3) is 28.7 Å². The van der Waals surface area contributed by atoms with E-state index >= 15 is 0 Å². The lowest BCUT2D eigenvalue weighted by atomic mass is 10.2. The number of aromatic nitrogens is 4. The van der Waals surface area contributed by atoms with E-state index in [0.717, 1.165) is 0 Å². The molecule has 2 heterocycles. The van der Waals surface area contributed by atoms with E-state index in [1.54, 1.807) is 25.3 Å². The molecule has 0 aliphatic carbocycles. The van der Waals surface area contributed by atoms with E-state index < -0.39 is 5.82 Å². The number of ether oxygens (including phenoxy) is 1. The van der Waals surface area contributed by atoms with Gasteiger partial charge < -0.3 is 9.26 Å². The third kappa shape index (κ3) is 3.32. The molecule has 0 spiro atoms. The van der Waals surface area contributed by atoms with Gasteiger partial charge in [0, 0.05) is 23.9 Å². The molecule has 4 rings (SSSR count). The second-order valence-electron chi connectivity index (χ2n) is 5.61. The number of hydrogen-bond acceptors (Lipinski definition) is 6. The van der Waals surface area contributed by atoms with Gasteiger partial charge in [-0.25, -0.2) is 9.07 Å². The van der Waals surface area contributed by atoms with Gasteiger partial charge >= 0.3 is 0 Å². The van der Waals surface area contributed by atoms with Crippen molar-refractivity contribution in [1.29, 1.82) is 0 Å². The van der Waals surface area contributed by atoms with E-state index in [-0.39, 0.29) is 22.8 Å². The molecule has 0 saturated carbocycles. The molecule has 0 saturated heterocycles. The summed E-state index contributed by atoms with van der Waals surface area (Å²) in [6, 6.07) is 14.3. The fourth-order valence-corrected chi connectivity index (χ4v) is 2.52. The summed E-state index contributed by atoms with van der Waals surface area (Å²) < 4.78 is 25.3. The van der Waals surface area contributed by atoms with Crippen molar-refractivity contribution < 1.29 is 13.7 Å². The normalized spacial score (nSPS) is 10.7. The predicted molar refractivity (Wildman–Crippen MR) is 95.1 cm³/mol. The van der Waals surface area contributed by atoms with Gasteiger partial charge in [-0.2, -0.15) is 10.1 Å². The first-order valence-electron chi connectivity index (χ1n) is 7.98. The van der Waals surface area contributed by atoms with Gasteiger partial charge in [0.15, 0.2) is 5.69 Å². The summed E-state index contributed by atoms with van der Waals surface area (Å²) in [5.41, 5.74) is 0.758. The summed E-state index contributed by atoms with van der Waals surface area (Å²) in [7, 11) is 1.57. The highest BCUT2D eigenvalue weighted by molar-refractivity contribution is 5.57. The van der Waals surface area contributed by atoms with Gasteiger partial charge in [0.05, 0.1) is 12.8 Å². The molecule has 7 nitrogen and oxygen atoms in total. The highest BCUT2D eigenvalue weighted by Crippen LogP contribution is 2.21. The molecule has 0 aliphatic rings. The van der Waals surface area contributed by atoms with Crippen molar-refractivity contribution in [2.45, 2.75) is 0 Å². The van der Waals surface area contributed by atoms with Crippen LogP contribution >= 0.6 is 0 Å². The molecule has 4 aromatic rings. The van der Waals surface area contributed by atoms with Crippen LogP contribution in [0.15, 0.2) is 70.1 Å². The van der Waals surface area contributed by atoms with Crippen molar-refractivity contribution >= 4 is 0 Å². The van der Waals surface area contributed by atoms with Crippen molar-refractivity contribution in [3.8, 4) is 34.4 Å². The lowest BCUT2D eigenvalue weighted by molar-refractivity contribution is 0.414. The molecule has 27 heavy (non-hydrogen) atoms. The van der Waals surface area contributed by atoms with Gasteiger partial charge in [-0.05, 0) is 24.3 Å². The standard InChI is InChI=1S/C19H13FN4O3/c1-26-15-7-3-6-14(11-15)24-9-8-16(25)17(22-24)19-21-18(23-27-19)12-4-2-5-13(20)10-12/h2-11H,1H3. The smallest absolute Gasteiger partial charge is 0.282 e. The fraction of sp³-hybridized carbons (Fsp3) is 0.0526. The Kier molecular flexibility index (Phi) is 4.21. The molecule has 2 aromatic heterocycles. The zero-order chi connectivity index (χ0) is 18.8. The molecular formula is C19H13FN4O3. The van der Waals surface area contributed by atoms with Gasteiger partial charge in [-0.15, -0.1) is 0 Å². The van der Waals surface area contributed by atoms with E-state index in [1.165, 1.54) is 35.1 Å². The van der Waals surface area contributed by atoms with Gasteiger partial charge in [0.25, 0.3) is 5.89 Å². The Morgan fingerprint density at radius 3 is 2.78 bits per heavy atom. The molecule has 0 radical (unpaired) electrons. The van der Waals surface area contributed by atoms with Crippen molar-refractivity contribution in [1.82, 2.24) is 19.9 Å². The van der Waals surface area contributed by atoms with Crippen LogP contribution in [0.3, 0.4) is 0 Å². The highest BCUT2D eigenvalue weighted by atomic mass is 19.1. The van der Waals surface area contributed by atoms with Crippen molar-refractivity contribution in [2.75, 3.05) is 7.11 Å². The SMILES string of the molecule is COc1cccc(-n2ccc(=O)c(-c3nc(-c4cccc(F)c4)no3)n2)c1. The van der Waals surface area contributed by atoms with Gasteiger partial charge in [-0.3, -0.25) is 4.79 Å². The zero-order valence-corrected chi connectivity index (χ0v) is 14.2. The average molecular weight is 364 g/mol. The quantitative estimate of drug-likeness (QED) is 0.553. The van der Waals surface area contributed by atoms with Crippen molar-refractivity contribution in [3.05, 3.63) is 76.8 Å². The molecule has 0 bridgehead atoms. The highest BCUT2D eigenvalue weighted by Gasteiger charge is 2.16. The molecule has 0 atom stereocenters. The molecule has 0 fully saturated rings. The summed E-state index contributed by atoms with van der Waals surface area (Å²) in [5.74, 6) is 0.358. The van der Waals surface area contributed by atoms with Crippen LogP contribution in [-0.4, -0.2) is 27.0 Å². The van der Waals surface area contributed by atoms with Gasteiger partial charge in [-0.1, -0.05) is 23.4 Å². The van der Waals surface area contributed by atoms with E-state index in [9.17, 15) is 9.18 Å². The Balaban J connectivity index is 1.75. The molecular weight excluding hydrogens is 351 g/mol. The maximum absolute atomic E-state index is 13.4. The first kappa shape index (κ1) is 16.6. The molecule has 0 aliphatic heterocycles. The summed E-state index contributed by atoms with van der Waals surface area (Å²) in [5, 5.41) is 8.10.